The average Bonchev–Trinajstić information content (AvgIpc) is 2.63. The van der Waals surface area contributed by atoms with Gasteiger partial charge in [0.2, 0.25) is 0 Å². The summed E-state index contributed by atoms with van der Waals surface area (Å²) in [6, 6.07) is 6.48. The standard InChI is InChI=1S/C17H24FN3O3/c18-14-3-1-2-13(10-14)15(21-5-8-23-9-6-21)11-20-17(22)16-12-19-4-7-24-16/h1-3,10,15-16,19H,4-9,11-12H2,(H,20,22). The summed E-state index contributed by atoms with van der Waals surface area (Å²) in [5.74, 6) is -0.395. The van der Waals surface area contributed by atoms with Crippen LogP contribution in [0.15, 0.2) is 24.3 Å². The number of hydrogen-bond donors (Lipinski definition) is 2. The van der Waals surface area contributed by atoms with Gasteiger partial charge in [-0.25, -0.2) is 4.39 Å². The van der Waals surface area contributed by atoms with E-state index in [4.69, 9.17) is 9.47 Å². The molecule has 2 unspecified atom stereocenters. The lowest BCUT2D eigenvalue weighted by molar-refractivity contribution is -0.134. The number of rotatable bonds is 5. The molecule has 2 aliphatic rings. The molecule has 2 saturated heterocycles. The molecule has 24 heavy (non-hydrogen) atoms. The normalized spacial score (nSPS) is 23.6. The quantitative estimate of drug-likeness (QED) is 0.809. The summed E-state index contributed by atoms with van der Waals surface area (Å²) < 4.78 is 24.5. The Labute approximate surface area is 141 Å². The number of nitrogens with zero attached hydrogens (tertiary/aromatic N) is 1. The maximum absolute atomic E-state index is 13.6. The summed E-state index contributed by atoms with van der Waals surface area (Å²) in [5.41, 5.74) is 0.861. The van der Waals surface area contributed by atoms with Crippen molar-refractivity contribution in [3.05, 3.63) is 35.6 Å². The molecule has 0 bridgehead atoms. The molecule has 2 atom stereocenters. The van der Waals surface area contributed by atoms with E-state index in [0.717, 1.165) is 25.2 Å². The fourth-order valence-electron chi connectivity index (χ4n) is 3.11. The van der Waals surface area contributed by atoms with Crippen LogP contribution in [-0.4, -0.2) is 69.5 Å². The fourth-order valence-corrected chi connectivity index (χ4v) is 3.11. The second kappa shape index (κ2) is 8.53. The molecule has 2 fully saturated rings. The van der Waals surface area contributed by atoms with Crippen molar-refractivity contribution in [3.63, 3.8) is 0 Å². The van der Waals surface area contributed by atoms with Gasteiger partial charge in [-0.1, -0.05) is 12.1 Å². The van der Waals surface area contributed by atoms with E-state index < -0.39 is 6.10 Å². The average molecular weight is 337 g/mol. The van der Waals surface area contributed by atoms with Crippen LogP contribution in [0.25, 0.3) is 0 Å². The Morgan fingerprint density at radius 2 is 2.21 bits per heavy atom. The molecule has 132 valence electrons. The SMILES string of the molecule is O=C(NCC(c1cccc(F)c1)N1CCOCC1)C1CNCCO1. The van der Waals surface area contributed by atoms with Gasteiger partial charge in [0.05, 0.1) is 25.9 Å². The smallest absolute Gasteiger partial charge is 0.250 e. The van der Waals surface area contributed by atoms with Gasteiger partial charge in [-0.05, 0) is 17.7 Å². The van der Waals surface area contributed by atoms with Crippen LogP contribution in [0.2, 0.25) is 0 Å². The minimum Gasteiger partial charge on any atom is -0.379 e. The molecule has 3 rings (SSSR count). The first-order chi connectivity index (χ1) is 11.7. The maximum Gasteiger partial charge on any atom is 0.250 e. The van der Waals surface area contributed by atoms with Gasteiger partial charge in [0.1, 0.15) is 11.9 Å². The van der Waals surface area contributed by atoms with E-state index in [-0.39, 0.29) is 17.8 Å². The number of amides is 1. The molecule has 0 saturated carbocycles. The third kappa shape index (κ3) is 4.51. The summed E-state index contributed by atoms with van der Waals surface area (Å²) in [4.78, 5) is 14.5. The second-order valence-electron chi connectivity index (χ2n) is 6.03. The number of carbonyl (C=O) groups is 1. The Balaban J connectivity index is 1.66. The molecular weight excluding hydrogens is 313 g/mol. The molecule has 0 aliphatic carbocycles. The molecular formula is C17H24FN3O3. The van der Waals surface area contributed by atoms with Gasteiger partial charge in [-0.15, -0.1) is 0 Å². The lowest BCUT2D eigenvalue weighted by Crippen LogP contribution is -2.50. The highest BCUT2D eigenvalue weighted by Gasteiger charge is 2.26. The molecule has 2 aliphatic heterocycles. The Hall–Kier alpha value is -1.54. The number of morpholine rings is 2. The number of hydrogen-bond acceptors (Lipinski definition) is 5. The molecule has 1 aromatic carbocycles. The summed E-state index contributed by atoms with van der Waals surface area (Å²) in [5, 5.41) is 6.10. The van der Waals surface area contributed by atoms with Gasteiger partial charge < -0.3 is 20.1 Å². The van der Waals surface area contributed by atoms with Crippen molar-refractivity contribution in [3.8, 4) is 0 Å². The summed E-state index contributed by atoms with van der Waals surface area (Å²) in [6.07, 6.45) is -0.461. The van der Waals surface area contributed by atoms with Crippen molar-refractivity contribution in [2.75, 3.05) is 52.5 Å². The van der Waals surface area contributed by atoms with Crippen molar-refractivity contribution in [2.24, 2.45) is 0 Å². The van der Waals surface area contributed by atoms with Gasteiger partial charge in [0, 0.05) is 32.7 Å². The number of benzene rings is 1. The van der Waals surface area contributed by atoms with Crippen LogP contribution >= 0.6 is 0 Å². The van der Waals surface area contributed by atoms with Crippen molar-refractivity contribution in [1.82, 2.24) is 15.5 Å². The van der Waals surface area contributed by atoms with Crippen LogP contribution in [-0.2, 0) is 14.3 Å². The number of nitrogens with one attached hydrogen (secondary N) is 2. The van der Waals surface area contributed by atoms with Crippen LogP contribution in [0.3, 0.4) is 0 Å². The second-order valence-corrected chi connectivity index (χ2v) is 6.03. The lowest BCUT2D eigenvalue weighted by Gasteiger charge is -2.35. The molecule has 6 nitrogen and oxygen atoms in total. The monoisotopic (exact) mass is 337 g/mol. The van der Waals surface area contributed by atoms with E-state index in [1.165, 1.54) is 12.1 Å². The third-order valence-corrected chi connectivity index (χ3v) is 4.41. The van der Waals surface area contributed by atoms with Gasteiger partial charge in [0.25, 0.3) is 5.91 Å². The molecule has 1 aromatic rings. The minimum atomic E-state index is -0.461. The van der Waals surface area contributed by atoms with E-state index in [9.17, 15) is 9.18 Å². The van der Waals surface area contributed by atoms with Gasteiger partial charge in [-0.3, -0.25) is 9.69 Å². The minimum absolute atomic E-state index is 0.0786. The zero-order valence-electron chi connectivity index (χ0n) is 13.7. The summed E-state index contributed by atoms with van der Waals surface area (Å²) in [7, 11) is 0. The zero-order valence-corrected chi connectivity index (χ0v) is 13.7. The van der Waals surface area contributed by atoms with Gasteiger partial charge in [0.15, 0.2) is 0 Å². The predicted molar refractivity (Wildman–Crippen MR) is 87.2 cm³/mol. The maximum atomic E-state index is 13.6. The van der Waals surface area contributed by atoms with Crippen molar-refractivity contribution < 1.29 is 18.7 Å². The molecule has 0 spiro atoms. The lowest BCUT2D eigenvalue weighted by atomic mass is 10.0. The largest absolute Gasteiger partial charge is 0.379 e. The zero-order chi connectivity index (χ0) is 16.8. The van der Waals surface area contributed by atoms with E-state index in [2.05, 4.69) is 15.5 Å². The van der Waals surface area contributed by atoms with E-state index in [0.29, 0.717) is 32.9 Å². The predicted octanol–water partition coefficient (Wildman–Crippen LogP) is 0.304. The van der Waals surface area contributed by atoms with E-state index >= 15 is 0 Å². The van der Waals surface area contributed by atoms with Crippen LogP contribution in [0.4, 0.5) is 4.39 Å². The van der Waals surface area contributed by atoms with Crippen molar-refractivity contribution >= 4 is 5.91 Å². The van der Waals surface area contributed by atoms with E-state index in [1.54, 1.807) is 6.07 Å². The molecule has 2 heterocycles. The Kier molecular flexibility index (Phi) is 6.14. The number of ether oxygens (including phenoxy) is 2. The van der Waals surface area contributed by atoms with Crippen LogP contribution < -0.4 is 10.6 Å². The van der Waals surface area contributed by atoms with Crippen molar-refractivity contribution in [2.45, 2.75) is 12.1 Å². The highest BCUT2D eigenvalue weighted by molar-refractivity contribution is 5.81. The Bertz CT molecular complexity index is 546. The topological polar surface area (TPSA) is 62.8 Å². The molecule has 2 N–H and O–H groups in total. The van der Waals surface area contributed by atoms with Crippen LogP contribution in [0.5, 0.6) is 0 Å². The molecule has 1 amide bonds. The van der Waals surface area contributed by atoms with Crippen LogP contribution in [0, 0.1) is 5.82 Å². The molecule has 0 radical (unpaired) electrons. The summed E-state index contributed by atoms with van der Waals surface area (Å²) in [6.45, 7) is 5.07. The third-order valence-electron chi connectivity index (χ3n) is 4.41. The van der Waals surface area contributed by atoms with Crippen LogP contribution in [0.1, 0.15) is 11.6 Å². The first-order valence-electron chi connectivity index (χ1n) is 8.41. The fraction of sp³-hybridized carbons (Fsp3) is 0.588. The number of carbonyl (C=O) groups excluding carboxylic acids is 1. The highest BCUT2D eigenvalue weighted by atomic mass is 19.1. The Morgan fingerprint density at radius 1 is 1.38 bits per heavy atom. The van der Waals surface area contributed by atoms with Crippen molar-refractivity contribution in [1.29, 1.82) is 0 Å². The highest BCUT2D eigenvalue weighted by Crippen LogP contribution is 2.22. The Morgan fingerprint density at radius 3 is 2.92 bits per heavy atom. The number of halogens is 1. The molecule has 7 heteroatoms. The van der Waals surface area contributed by atoms with Gasteiger partial charge >= 0.3 is 0 Å². The first-order valence-corrected chi connectivity index (χ1v) is 8.41. The summed E-state index contributed by atoms with van der Waals surface area (Å²) >= 11 is 0. The molecule has 0 aromatic heterocycles. The first kappa shape index (κ1) is 17.3. The van der Waals surface area contributed by atoms with E-state index in [1.807, 2.05) is 6.07 Å². The van der Waals surface area contributed by atoms with Gasteiger partial charge in [-0.2, -0.15) is 0 Å².